The van der Waals surface area contributed by atoms with Crippen LogP contribution in [-0.4, -0.2) is 34.9 Å². The van der Waals surface area contributed by atoms with Crippen molar-refractivity contribution in [2.75, 3.05) is 6.61 Å². The van der Waals surface area contributed by atoms with Gasteiger partial charge < -0.3 is 15.0 Å². The number of Topliss-reactive ketones (excluding diaryl/α,β-unsaturated/α-hetero) is 1. The molecule has 0 aromatic heterocycles. The summed E-state index contributed by atoms with van der Waals surface area (Å²) in [4.78, 5) is 27.7. The summed E-state index contributed by atoms with van der Waals surface area (Å²) in [7, 11) is 0. The van der Waals surface area contributed by atoms with Crippen LogP contribution in [0.1, 0.15) is 20.8 Å². The number of aliphatic hydroxyl groups is 1. The molecule has 0 atom stereocenters. The van der Waals surface area contributed by atoms with Gasteiger partial charge in [-0.15, -0.1) is 0 Å². The number of ketones is 1. The standard InChI is InChI=1S/C3H4O3.C2H6O.C2H4O/c1-2(4)3(5)6;2*1-2-3/h1H3,(H,5,6);3H,2H2,1H3;2H,1H3. The molecule has 2 N–H and O–H groups in total. The van der Waals surface area contributed by atoms with Crippen molar-refractivity contribution < 1.29 is 24.6 Å². The highest BCUT2D eigenvalue weighted by molar-refractivity contribution is 6.31. The molecule has 0 aromatic rings. The quantitative estimate of drug-likeness (QED) is 0.431. The van der Waals surface area contributed by atoms with Crippen LogP contribution in [0.25, 0.3) is 0 Å². The van der Waals surface area contributed by atoms with E-state index >= 15 is 0 Å². The molecular formula is C7H14O5. The first kappa shape index (κ1) is 17.0. The number of aliphatic hydroxyl groups excluding tert-OH is 1. The monoisotopic (exact) mass is 178 g/mol. The Hall–Kier alpha value is -1.23. The molecule has 0 heterocycles. The summed E-state index contributed by atoms with van der Waals surface area (Å²) in [6.07, 6.45) is 0.750. The fourth-order valence-electron chi connectivity index (χ4n) is 0. The summed E-state index contributed by atoms with van der Waals surface area (Å²) in [5, 5.41) is 15.2. The molecule has 5 nitrogen and oxygen atoms in total. The summed E-state index contributed by atoms with van der Waals surface area (Å²) >= 11 is 0. The maximum atomic E-state index is 9.54. The zero-order chi connectivity index (χ0) is 10.6. The van der Waals surface area contributed by atoms with Gasteiger partial charge in [-0.3, -0.25) is 4.79 Å². The van der Waals surface area contributed by atoms with Gasteiger partial charge in [-0.05, 0) is 13.8 Å². The van der Waals surface area contributed by atoms with Crippen molar-refractivity contribution in [1.29, 1.82) is 0 Å². The van der Waals surface area contributed by atoms with E-state index in [2.05, 4.69) is 0 Å². The third-order valence-corrected chi connectivity index (χ3v) is 0.301. The molecule has 0 radical (unpaired) electrons. The van der Waals surface area contributed by atoms with Crippen molar-refractivity contribution in [1.82, 2.24) is 0 Å². The van der Waals surface area contributed by atoms with Crippen molar-refractivity contribution in [3.63, 3.8) is 0 Å². The lowest BCUT2D eigenvalue weighted by atomic mass is 10.5. The lowest BCUT2D eigenvalue weighted by molar-refractivity contribution is -0.148. The van der Waals surface area contributed by atoms with Gasteiger partial charge in [0.1, 0.15) is 6.29 Å². The Bertz CT molecular complexity index is 118. The second-order valence-electron chi connectivity index (χ2n) is 1.41. The summed E-state index contributed by atoms with van der Waals surface area (Å²) in [6.45, 7) is 4.38. The predicted octanol–water partition coefficient (Wildman–Crippen LogP) is -0.136. The van der Waals surface area contributed by atoms with E-state index < -0.39 is 11.8 Å². The number of carboxylic acids is 1. The molecule has 0 unspecified atom stereocenters. The number of hydrogen-bond acceptors (Lipinski definition) is 4. The van der Waals surface area contributed by atoms with E-state index in [-0.39, 0.29) is 6.61 Å². The van der Waals surface area contributed by atoms with Crippen molar-refractivity contribution in [3.05, 3.63) is 0 Å². The lowest BCUT2D eigenvalue weighted by Gasteiger charge is -1.73. The molecule has 0 saturated carbocycles. The van der Waals surface area contributed by atoms with Gasteiger partial charge in [0.15, 0.2) is 0 Å². The Kier molecular flexibility index (Phi) is 23.3. The van der Waals surface area contributed by atoms with Crippen LogP contribution in [0.3, 0.4) is 0 Å². The van der Waals surface area contributed by atoms with E-state index in [1.54, 1.807) is 6.92 Å². The van der Waals surface area contributed by atoms with Crippen molar-refractivity contribution in [3.8, 4) is 0 Å². The third kappa shape index (κ3) is 69.0. The second kappa shape index (κ2) is 16.4. The first-order valence-electron chi connectivity index (χ1n) is 3.22. The first-order valence-corrected chi connectivity index (χ1v) is 3.22. The summed E-state index contributed by atoms with van der Waals surface area (Å²) in [6, 6.07) is 0. The maximum Gasteiger partial charge on any atom is 0.371 e. The van der Waals surface area contributed by atoms with E-state index in [1.165, 1.54) is 6.92 Å². The average Bonchev–Trinajstić information content (AvgIpc) is 1.90. The molecule has 0 rings (SSSR count). The molecule has 0 bridgehead atoms. The summed E-state index contributed by atoms with van der Waals surface area (Å²) < 4.78 is 0. The zero-order valence-corrected chi connectivity index (χ0v) is 7.40. The molecule has 0 amide bonds. The number of aldehydes is 1. The molecule has 0 fully saturated rings. The highest BCUT2D eigenvalue weighted by Crippen LogP contribution is 1.61. The summed E-state index contributed by atoms with van der Waals surface area (Å²) in [5.41, 5.74) is 0. The molecule has 5 heteroatoms. The number of carbonyl (C=O) groups is 3. The largest absolute Gasteiger partial charge is 0.476 e. The Morgan fingerprint density at radius 1 is 1.42 bits per heavy atom. The summed E-state index contributed by atoms with van der Waals surface area (Å²) in [5.74, 6) is -2.20. The van der Waals surface area contributed by atoms with Crippen molar-refractivity contribution in [2.24, 2.45) is 0 Å². The van der Waals surface area contributed by atoms with Crippen molar-refractivity contribution >= 4 is 18.0 Å². The maximum absolute atomic E-state index is 9.54. The Balaban J connectivity index is -0.000000115. The van der Waals surface area contributed by atoms with E-state index in [4.69, 9.17) is 15.0 Å². The molecule has 0 aromatic carbocycles. The Morgan fingerprint density at radius 2 is 1.50 bits per heavy atom. The van der Waals surface area contributed by atoms with Gasteiger partial charge in [-0.1, -0.05) is 0 Å². The minimum absolute atomic E-state index is 0.250. The van der Waals surface area contributed by atoms with E-state index in [0.717, 1.165) is 13.2 Å². The van der Waals surface area contributed by atoms with E-state index in [0.29, 0.717) is 0 Å². The SMILES string of the molecule is CC(=O)C(=O)O.CC=O.CCO. The van der Waals surface area contributed by atoms with Gasteiger partial charge in [-0.25, -0.2) is 4.79 Å². The fourth-order valence-corrected chi connectivity index (χ4v) is 0. The molecule has 0 aliphatic rings. The molecule has 0 saturated heterocycles. The van der Waals surface area contributed by atoms with Gasteiger partial charge >= 0.3 is 5.97 Å². The molecular weight excluding hydrogens is 164 g/mol. The number of aliphatic carboxylic acids is 1. The van der Waals surface area contributed by atoms with Crippen LogP contribution in [0.5, 0.6) is 0 Å². The minimum Gasteiger partial charge on any atom is -0.476 e. The van der Waals surface area contributed by atoms with E-state index in [9.17, 15) is 9.59 Å². The van der Waals surface area contributed by atoms with Crippen LogP contribution in [-0.2, 0) is 14.4 Å². The zero-order valence-electron chi connectivity index (χ0n) is 7.40. The van der Waals surface area contributed by atoms with Crippen LogP contribution in [0.15, 0.2) is 0 Å². The van der Waals surface area contributed by atoms with Crippen LogP contribution < -0.4 is 0 Å². The fraction of sp³-hybridized carbons (Fsp3) is 0.571. The van der Waals surface area contributed by atoms with Crippen molar-refractivity contribution in [2.45, 2.75) is 20.8 Å². The van der Waals surface area contributed by atoms with Gasteiger partial charge in [0.25, 0.3) is 0 Å². The van der Waals surface area contributed by atoms with Crippen LogP contribution in [0.2, 0.25) is 0 Å². The number of carboxylic acid groups (broad SMARTS) is 1. The normalized spacial score (nSPS) is 6.33. The second-order valence-corrected chi connectivity index (χ2v) is 1.41. The molecule has 72 valence electrons. The lowest BCUT2D eigenvalue weighted by Crippen LogP contribution is -2.05. The van der Waals surface area contributed by atoms with Gasteiger partial charge in [0, 0.05) is 13.5 Å². The highest BCUT2D eigenvalue weighted by atomic mass is 16.4. The number of hydrogen-bond donors (Lipinski definition) is 2. The first-order chi connectivity index (χ1) is 5.47. The van der Waals surface area contributed by atoms with Gasteiger partial charge in [0.2, 0.25) is 5.78 Å². The van der Waals surface area contributed by atoms with Gasteiger partial charge in [0.05, 0.1) is 0 Å². The molecule has 0 aliphatic heterocycles. The molecule has 0 spiro atoms. The minimum atomic E-state index is -1.38. The Morgan fingerprint density at radius 3 is 1.50 bits per heavy atom. The van der Waals surface area contributed by atoms with Crippen LogP contribution in [0.4, 0.5) is 0 Å². The predicted molar refractivity (Wildman–Crippen MR) is 42.8 cm³/mol. The highest BCUT2D eigenvalue weighted by Gasteiger charge is 1.98. The smallest absolute Gasteiger partial charge is 0.371 e. The number of carbonyl (C=O) groups excluding carboxylic acids is 2. The molecule has 12 heavy (non-hydrogen) atoms. The Labute approximate surface area is 71.0 Å². The van der Waals surface area contributed by atoms with Gasteiger partial charge in [-0.2, -0.15) is 0 Å². The molecule has 0 aliphatic carbocycles. The number of rotatable bonds is 1. The topological polar surface area (TPSA) is 91.7 Å². The van der Waals surface area contributed by atoms with Crippen LogP contribution >= 0.6 is 0 Å². The van der Waals surface area contributed by atoms with Crippen LogP contribution in [0, 0.1) is 0 Å². The van der Waals surface area contributed by atoms with E-state index in [1.807, 2.05) is 0 Å². The average molecular weight is 178 g/mol. The third-order valence-electron chi connectivity index (χ3n) is 0.301.